The average Bonchev–Trinajstić information content (AvgIpc) is 2.76. The largest absolute Gasteiger partial charge is 0.380 e. The third-order valence-electron chi connectivity index (χ3n) is 2.34. The second-order valence-electron chi connectivity index (χ2n) is 3.49. The van der Waals surface area contributed by atoms with E-state index in [-0.39, 0.29) is 0 Å². The Balaban J connectivity index is 1.93. The lowest BCUT2D eigenvalue weighted by molar-refractivity contribution is 1.14. The molecule has 2 heteroatoms. The molecule has 0 saturated heterocycles. The summed E-state index contributed by atoms with van der Waals surface area (Å²) >= 11 is 1.82. The van der Waals surface area contributed by atoms with E-state index in [9.17, 15) is 0 Å². The third kappa shape index (κ3) is 2.83. The molecule has 2 aromatic rings. The monoisotopic (exact) mass is 217 g/mol. The normalized spacial score (nSPS) is 10.2. The van der Waals surface area contributed by atoms with Gasteiger partial charge in [-0.05, 0) is 18.1 Å². The summed E-state index contributed by atoms with van der Waals surface area (Å²) in [4.78, 5) is 1.44. The summed E-state index contributed by atoms with van der Waals surface area (Å²) in [6, 6.07) is 12.7. The van der Waals surface area contributed by atoms with Gasteiger partial charge in [-0.15, -0.1) is 11.3 Å². The number of rotatable bonds is 4. The van der Waals surface area contributed by atoms with Gasteiger partial charge in [-0.25, -0.2) is 0 Å². The van der Waals surface area contributed by atoms with Gasteiger partial charge in [0.2, 0.25) is 0 Å². The number of benzene rings is 1. The lowest BCUT2D eigenvalue weighted by Gasteiger charge is -2.03. The van der Waals surface area contributed by atoms with Gasteiger partial charge in [0, 0.05) is 22.5 Å². The van der Waals surface area contributed by atoms with E-state index in [1.807, 2.05) is 17.4 Å². The van der Waals surface area contributed by atoms with Crippen molar-refractivity contribution in [2.75, 3.05) is 5.32 Å². The Morgan fingerprint density at radius 1 is 1.20 bits per heavy atom. The van der Waals surface area contributed by atoms with E-state index in [0.717, 1.165) is 13.0 Å². The van der Waals surface area contributed by atoms with E-state index < -0.39 is 0 Å². The fourth-order valence-corrected chi connectivity index (χ4v) is 2.25. The van der Waals surface area contributed by atoms with Crippen LogP contribution in [0.3, 0.4) is 0 Å². The maximum absolute atomic E-state index is 3.43. The molecule has 0 bridgehead atoms. The molecule has 2 rings (SSSR count). The first-order chi connectivity index (χ1) is 7.38. The molecule has 15 heavy (non-hydrogen) atoms. The Bertz CT molecular complexity index is 405. The van der Waals surface area contributed by atoms with Crippen LogP contribution in [-0.2, 0) is 13.0 Å². The second-order valence-corrected chi connectivity index (χ2v) is 4.49. The predicted octanol–water partition coefficient (Wildman–Crippen LogP) is 3.92. The summed E-state index contributed by atoms with van der Waals surface area (Å²) < 4.78 is 0. The third-order valence-corrected chi connectivity index (χ3v) is 3.42. The molecule has 0 saturated carbocycles. The van der Waals surface area contributed by atoms with Crippen LogP contribution < -0.4 is 5.32 Å². The Kier molecular flexibility index (Phi) is 3.41. The van der Waals surface area contributed by atoms with Crippen molar-refractivity contribution in [2.24, 2.45) is 0 Å². The zero-order chi connectivity index (χ0) is 10.5. The molecular weight excluding hydrogens is 202 g/mol. The van der Waals surface area contributed by atoms with Crippen molar-refractivity contribution in [1.29, 1.82) is 0 Å². The van der Waals surface area contributed by atoms with Crippen molar-refractivity contribution in [3.63, 3.8) is 0 Å². The van der Waals surface area contributed by atoms with Gasteiger partial charge < -0.3 is 5.32 Å². The standard InChI is InChI=1S/C13H15NS/c1-2-13-8-12(10-15-13)14-9-11-6-4-3-5-7-11/h3-8,10,14H,2,9H2,1H3. The van der Waals surface area contributed by atoms with Crippen molar-refractivity contribution in [3.05, 3.63) is 52.2 Å². The highest BCUT2D eigenvalue weighted by atomic mass is 32.1. The van der Waals surface area contributed by atoms with Crippen molar-refractivity contribution >= 4 is 17.0 Å². The summed E-state index contributed by atoms with van der Waals surface area (Å²) in [6.45, 7) is 3.09. The van der Waals surface area contributed by atoms with Gasteiger partial charge in [0.05, 0.1) is 0 Å². The van der Waals surface area contributed by atoms with Gasteiger partial charge in [-0.2, -0.15) is 0 Å². The molecule has 1 heterocycles. The molecule has 0 amide bonds. The van der Waals surface area contributed by atoms with E-state index >= 15 is 0 Å². The van der Waals surface area contributed by atoms with Gasteiger partial charge >= 0.3 is 0 Å². The van der Waals surface area contributed by atoms with Crippen LogP contribution in [0, 0.1) is 0 Å². The fraction of sp³-hybridized carbons (Fsp3) is 0.231. The minimum atomic E-state index is 0.903. The molecule has 0 unspecified atom stereocenters. The first kappa shape index (κ1) is 10.2. The molecular formula is C13H15NS. The molecule has 1 aromatic heterocycles. The van der Waals surface area contributed by atoms with Gasteiger partial charge in [-0.1, -0.05) is 37.3 Å². The van der Waals surface area contributed by atoms with Gasteiger partial charge in [0.25, 0.3) is 0 Å². The van der Waals surface area contributed by atoms with Crippen LogP contribution in [0.15, 0.2) is 41.8 Å². The molecule has 1 N–H and O–H groups in total. The van der Waals surface area contributed by atoms with Crippen LogP contribution in [0.1, 0.15) is 17.4 Å². The van der Waals surface area contributed by atoms with Crippen molar-refractivity contribution in [2.45, 2.75) is 19.9 Å². The smallest absolute Gasteiger partial charge is 0.0454 e. The van der Waals surface area contributed by atoms with E-state index in [2.05, 4.69) is 48.0 Å². The lowest BCUT2D eigenvalue weighted by Crippen LogP contribution is -1.97. The van der Waals surface area contributed by atoms with Crippen LogP contribution in [0.4, 0.5) is 5.69 Å². The van der Waals surface area contributed by atoms with Crippen LogP contribution in [0.5, 0.6) is 0 Å². The van der Waals surface area contributed by atoms with E-state index in [1.54, 1.807) is 0 Å². The highest BCUT2D eigenvalue weighted by Crippen LogP contribution is 2.20. The maximum atomic E-state index is 3.43. The maximum Gasteiger partial charge on any atom is 0.0454 e. The summed E-state index contributed by atoms with van der Waals surface area (Å²) in [7, 11) is 0. The van der Waals surface area contributed by atoms with E-state index in [4.69, 9.17) is 0 Å². The molecule has 0 spiro atoms. The van der Waals surface area contributed by atoms with Crippen molar-refractivity contribution in [3.8, 4) is 0 Å². The Morgan fingerprint density at radius 2 is 2.00 bits per heavy atom. The zero-order valence-electron chi connectivity index (χ0n) is 8.86. The number of nitrogens with one attached hydrogen (secondary N) is 1. The highest BCUT2D eigenvalue weighted by Gasteiger charge is 1.97. The number of hydrogen-bond acceptors (Lipinski definition) is 2. The Morgan fingerprint density at radius 3 is 2.67 bits per heavy atom. The number of aryl methyl sites for hydroxylation is 1. The fourth-order valence-electron chi connectivity index (χ4n) is 1.46. The molecule has 0 aliphatic rings. The second kappa shape index (κ2) is 4.99. The summed E-state index contributed by atoms with van der Waals surface area (Å²) in [5, 5.41) is 5.61. The van der Waals surface area contributed by atoms with E-state index in [1.165, 1.54) is 16.1 Å². The predicted molar refractivity (Wildman–Crippen MR) is 67.5 cm³/mol. The van der Waals surface area contributed by atoms with Crippen LogP contribution in [0.2, 0.25) is 0 Å². The number of anilines is 1. The first-order valence-corrected chi connectivity index (χ1v) is 6.11. The molecule has 78 valence electrons. The molecule has 0 aliphatic heterocycles. The summed E-state index contributed by atoms with van der Waals surface area (Å²) in [6.07, 6.45) is 1.12. The molecule has 0 atom stereocenters. The van der Waals surface area contributed by atoms with Crippen molar-refractivity contribution in [1.82, 2.24) is 0 Å². The molecule has 0 fully saturated rings. The molecule has 0 radical (unpaired) electrons. The lowest BCUT2D eigenvalue weighted by atomic mass is 10.2. The van der Waals surface area contributed by atoms with Gasteiger partial charge in [0.15, 0.2) is 0 Å². The van der Waals surface area contributed by atoms with Crippen LogP contribution in [0.25, 0.3) is 0 Å². The summed E-state index contributed by atoms with van der Waals surface area (Å²) in [5.74, 6) is 0. The molecule has 1 nitrogen and oxygen atoms in total. The Hall–Kier alpha value is -1.28. The summed E-state index contributed by atoms with van der Waals surface area (Å²) in [5.41, 5.74) is 2.56. The SMILES string of the molecule is CCc1cc(NCc2ccccc2)cs1. The van der Waals surface area contributed by atoms with E-state index in [0.29, 0.717) is 0 Å². The topological polar surface area (TPSA) is 12.0 Å². The van der Waals surface area contributed by atoms with Gasteiger partial charge in [0.1, 0.15) is 0 Å². The minimum absolute atomic E-state index is 0.903. The Labute approximate surface area is 94.8 Å². The molecule has 1 aromatic carbocycles. The number of thiophene rings is 1. The minimum Gasteiger partial charge on any atom is -0.380 e. The van der Waals surface area contributed by atoms with Crippen LogP contribution in [-0.4, -0.2) is 0 Å². The highest BCUT2D eigenvalue weighted by molar-refractivity contribution is 7.10. The van der Waals surface area contributed by atoms with Crippen LogP contribution >= 0.6 is 11.3 Å². The number of hydrogen-bond donors (Lipinski definition) is 1. The zero-order valence-corrected chi connectivity index (χ0v) is 9.68. The van der Waals surface area contributed by atoms with Gasteiger partial charge in [-0.3, -0.25) is 0 Å². The quantitative estimate of drug-likeness (QED) is 0.818. The average molecular weight is 217 g/mol. The molecule has 0 aliphatic carbocycles. The van der Waals surface area contributed by atoms with Crippen molar-refractivity contribution < 1.29 is 0 Å². The first-order valence-electron chi connectivity index (χ1n) is 5.23.